The van der Waals surface area contributed by atoms with Crippen LogP contribution in [0.3, 0.4) is 0 Å². The van der Waals surface area contributed by atoms with E-state index in [4.69, 9.17) is 4.74 Å². The minimum Gasteiger partial charge on any atom is -0.494 e. The molecule has 1 aliphatic rings. The van der Waals surface area contributed by atoms with E-state index in [1.54, 1.807) is 0 Å². The zero-order chi connectivity index (χ0) is 13.7. The number of hydrogen-bond donors (Lipinski definition) is 2. The fraction of sp³-hybridized carbons (Fsp3) is 0.533. The Kier molecular flexibility index (Phi) is 6.82. The second-order valence-electron chi connectivity index (χ2n) is 5.07. The number of rotatable bonds is 6. The monoisotopic (exact) mass is 298 g/mol. The molecule has 0 radical (unpaired) electrons. The van der Waals surface area contributed by atoms with Crippen molar-refractivity contribution < 1.29 is 9.53 Å². The maximum Gasteiger partial charge on any atom is 0.227 e. The molecule has 112 valence electrons. The summed E-state index contributed by atoms with van der Waals surface area (Å²) in [5.41, 5.74) is 0.803. The van der Waals surface area contributed by atoms with Gasteiger partial charge in [0, 0.05) is 17.7 Å². The Hall–Kier alpha value is -1.26. The van der Waals surface area contributed by atoms with Crippen LogP contribution in [0.5, 0.6) is 5.75 Å². The molecule has 0 bridgehead atoms. The van der Waals surface area contributed by atoms with Gasteiger partial charge in [-0.25, -0.2) is 0 Å². The third-order valence-corrected chi connectivity index (χ3v) is 3.51. The van der Waals surface area contributed by atoms with Gasteiger partial charge in [0.15, 0.2) is 0 Å². The summed E-state index contributed by atoms with van der Waals surface area (Å²) in [7, 11) is 0. The van der Waals surface area contributed by atoms with Crippen molar-refractivity contribution >= 4 is 24.0 Å². The number of amides is 1. The van der Waals surface area contributed by atoms with Crippen LogP contribution in [0.2, 0.25) is 0 Å². The van der Waals surface area contributed by atoms with Crippen molar-refractivity contribution in [1.82, 2.24) is 5.32 Å². The highest BCUT2D eigenvalue weighted by Gasteiger charge is 2.28. The molecule has 0 aliphatic carbocycles. The first-order valence-electron chi connectivity index (χ1n) is 6.95. The van der Waals surface area contributed by atoms with Crippen LogP contribution in [0, 0.1) is 11.8 Å². The molecule has 1 unspecified atom stereocenters. The van der Waals surface area contributed by atoms with Crippen LogP contribution in [-0.4, -0.2) is 25.6 Å². The summed E-state index contributed by atoms with van der Waals surface area (Å²) in [5, 5.41) is 6.15. The van der Waals surface area contributed by atoms with Gasteiger partial charge in [0.1, 0.15) is 5.75 Å². The van der Waals surface area contributed by atoms with Crippen LogP contribution in [0.1, 0.15) is 20.3 Å². The average molecular weight is 299 g/mol. The SMILES string of the molecule is CCCOc1cccc(NC(=O)C(C)C2CNC2)c1.Cl. The van der Waals surface area contributed by atoms with Crippen molar-refractivity contribution in [3.8, 4) is 5.75 Å². The van der Waals surface area contributed by atoms with E-state index < -0.39 is 0 Å². The lowest BCUT2D eigenvalue weighted by molar-refractivity contribution is -0.121. The smallest absolute Gasteiger partial charge is 0.227 e. The van der Waals surface area contributed by atoms with Crippen LogP contribution < -0.4 is 15.4 Å². The fourth-order valence-electron chi connectivity index (χ4n) is 2.02. The molecule has 4 nitrogen and oxygen atoms in total. The van der Waals surface area contributed by atoms with Gasteiger partial charge in [-0.3, -0.25) is 4.79 Å². The summed E-state index contributed by atoms with van der Waals surface area (Å²) in [6.07, 6.45) is 0.975. The maximum absolute atomic E-state index is 12.1. The van der Waals surface area contributed by atoms with E-state index in [0.29, 0.717) is 12.5 Å². The Bertz CT molecular complexity index is 436. The van der Waals surface area contributed by atoms with E-state index in [0.717, 1.165) is 30.9 Å². The van der Waals surface area contributed by atoms with Crippen molar-refractivity contribution in [1.29, 1.82) is 0 Å². The summed E-state index contributed by atoms with van der Waals surface area (Å²) >= 11 is 0. The molecule has 1 atom stereocenters. The van der Waals surface area contributed by atoms with Gasteiger partial charge in [-0.05, 0) is 37.6 Å². The lowest BCUT2D eigenvalue weighted by Gasteiger charge is -2.31. The molecule has 1 saturated heterocycles. The number of halogens is 1. The van der Waals surface area contributed by atoms with Gasteiger partial charge in [-0.1, -0.05) is 19.9 Å². The van der Waals surface area contributed by atoms with Gasteiger partial charge >= 0.3 is 0 Å². The predicted molar refractivity (Wildman–Crippen MR) is 83.6 cm³/mol. The second kappa shape index (κ2) is 8.12. The third kappa shape index (κ3) is 4.39. The molecule has 0 spiro atoms. The topological polar surface area (TPSA) is 50.4 Å². The molecular formula is C15H23ClN2O2. The van der Waals surface area contributed by atoms with Gasteiger partial charge in [0.25, 0.3) is 0 Å². The Balaban J connectivity index is 0.00000200. The fourth-order valence-corrected chi connectivity index (χ4v) is 2.02. The highest BCUT2D eigenvalue weighted by Crippen LogP contribution is 2.21. The molecule has 2 N–H and O–H groups in total. The standard InChI is InChI=1S/C15H22N2O2.ClH/c1-3-7-19-14-6-4-5-13(8-14)17-15(18)11(2)12-9-16-10-12;/h4-6,8,11-12,16H,3,7,9-10H2,1-2H3,(H,17,18);1H. The number of hydrogen-bond acceptors (Lipinski definition) is 3. The number of benzene rings is 1. The minimum absolute atomic E-state index is 0. The van der Waals surface area contributed by atoms with E-state index in [1.165, 1.54) is 0 Å². The number of ether oxygens (including phenoxy) is 1. The third-order valence-electron chi connectivity index (χ3n) is 3.51. The van der Waals surface area contributed by atoms with Crippen molar-refractivity contribution in [2.24, 2.45) is 11.8 Å². The molecular weight excluding hydrogens is 276 g/mol. The molecule has 1 heterocycles. The van der Waals surface area contributed by atoms with Gasteiger partial charge in [0.05, 0.1) is 6.61 Å². The first-order valence-corrected chi connectivity index (χ1v) is 6.95. The molecule has 1 amide bonds. The molecule has 1 aliphatic heterocycles. The van der Waals surface area contributed by atoms with Gasteiger partial charge in [-0.2, -0.15) is 0 Å². The highest BCUT2D eigenvalue weighted by atomic mass is 35.5. The van der Waals surface area contributed by atoms with Crippen molar-refractivity contribution in [2.75, 3.05) is 25.0 Å². The molecule has 1 fully saturated rings. The summed E-state index contributed by atoms with van der Waals surface area (Å²) in [4.78, 5) is 12.1. The van der Waals surface area contributed by atoms with E-state index in [-0.39, 0.29) is 24.2 Å². The van der Waals surface area contributed by atoms with E-state index >= 15 is 0 Å². The quantitative estimate of drug-likeness (QED) is 0.849. The lowest BCUT2D eigenvalue weighted by Crippen LogP contribution is -2.48. The van der Waals surface area contributed by atoms with Gasteiger partial charge < -0.3 is 15.4 Å². The Morgan fingerprint density at radius 1 is 1.50 bits per heavy atom. The molecule has 0 saturated carbocycles. The van der Waals surface area contributed by atoms with Crippen LogP contribution >= 0.6 is 12.4 Å². The molecule has 20 heavy (non-hydrogen) atoms. The van der Waals surface area contributed by atoms with E-state index in [2.05, 4.69) is 17.6 Å². The van der Waals surface area contributed by atoms with E-state index in [1.807, 2.05) is 31.2 Å². The summed E-state index contributed by atoms with van der Waals surface area (Å²) in [6.45, 7) is 6.63. The van der Waals surface area contributed by atoms with Crippen LogP contribution in [0.25, 0.3) is 0 Å². The van der Waals surface area contributed by atoms with Crippen molar-refractivity contribution in [3.63, 3.8) is 0 Å². The van der Waals surface area contributed by atoms with Crippen molar-refractivity contribution in [2.45, 2.75) is 20.3 Å². The zero-order valence-electron chi connectivity index (χ0n) is 12.0. The normalized spacial score (nSPS) is 15.7. The summed E-state index contributed by atoms with van der Waals surface area (Å²) < 4.78 is 5.56. The molecule has 1 aromatic carbocycles. The molecule has 5 heteroatoms. The first-order chi connectivity index (χ1) is 9.20. The molecule has 1 aromatic rings. The van der Waals surface area contributed by atoms with Crippen LogP contribution in [0.4, 0.5) is 5.69 Å². The maximum atomic E-state index is 12.1. The second-order valence-corrected chi connectivity index (χ2v) is 5.07. The summed E-state index contributed by atoms with van der Waals surface area (Å²) in [5.74, 6) is 1.39. The predicted octanol–water partition coefficient (Wildman–Crippen LogP) is 2.69. The average Bonchev–Trinajstić information content (AvgIpc) is 2.34. The molecule has 2 rings (SSSR count). The summed E-state index contributed by atoms with van der Waals surface area (Å²) in [6, 6.07) is 7.57. The molecule has 0 aromatic heterocycles. The number of anilines is 1. The van der Waals surface area contributed by atoms with Crippen LogP contribution in [0.15, 0.2) is 24.3 Å². The van der Waals surface area contributed by atoms with Gasteiger partial charge in [0.2, 0.25) is 5.91 Å². The Morgan fingerprint density at radius 2 is 2.25 bits per heavy atom. The van der Waals surface area contributed by atoms with Gasteiger partial charge in [-0.15, -0.1) is 12.4 Å². The first kappa shape index (κ1) is 16.8. The minimum atomic E-state index is 0. The number of carbonyl (C=O) groups excluding carboxylic acids is 1. The largest absolute Gasteiger partial charge is 0.494 e. The number of nitrogens with one attached hydrogen (secondary N) is 2. The lowest BCUT2D eigenvalue weighted by atomic mass is 9.88. The van der Waals surface area contributed by atoms with E-state index in [9.17, 15) is 4.79 Å². The Morgan fingerprint density at radius 3 is 2.85 bits per heavy atom. The van der Waals surface area contributed by atoms with Crippen molar-refractivity contribution in [3.05, 3.63) is 24.3 Å². The highest BCUT2D eigenvalue weighted by molar-refractivity contribution is 5.92. The number of carbonyl (C=O) groups is 1. The zero-order valence-corrected chi connectivity index (χ0v) is 12.8. The van der Waals surface area contributed by atoms with Crippen LogP contribution in [-0.2, 0) is 4.79 Å². The Labute approximate surface area is 126 Å².